The van der Waals surface area contributed by atoms with Gasteiger partial charge >= 0.3 is 5.97 Å². The molecule has 0 radical (unpaired) electrons. The number of hydrogen-bond acceptors (Lipinski definition) is 5. The number of amides is 3. The third kappa shape index (κ3) is 3.84. The lowest BCUT2D eigenvalue weighted by Gasteiger charge is -2.19. The van der Waals surface area contributed by atoms with Gasteiger partial charge in [-0.25, -0.2) is 4.79 Å². The van der Waals surface area contributed by atoms with Gasteiger partial charge in [-0.05, 0) is 83.6 Å². The minimum atomic E-state index is -0.690. The average Bonchev–Trinajstić information content (AvgIpc) is 3.45. The van der Waals surface area contributed by atoms with Crippen molar-refractivity contribution >= 4 is 62.6 Å². The first-order valence-electron chi connectivity index (χ1n) is 10.8. The van der Waals surface area contributed by atoms with E-state index in [4.69, 9.17) is 16.3 Å². The van der Waals surface area contributed by atoms with Crippen LogP contribution in [0.3, 0.4) is 0 Å². The number of carbonyl (C=O) groups excluding carboxylic acids is 4. The van der Waals surface area contributed by atoms with Crippen molar-refractivity contribution in [2.75, 3.05) is 16.8 Å². The van der Waals surface area contributed by atoms with Crippen molar-refractivity contribution in [3.05, 3.63) is 69.2 Å². The summed E-state index contributed by atoms with van der Waals surface area (Å²) >= 11 is 9.27. The van der Waals surface area contributed by atoms with Gasteiger partial charge in [-0.15, -0.1) is 0 Å². The van der Waals surface area contributed by atoms with Crippen molar-refractivity contribution < 1.29 is 23.9 Å². The third-order valence-electron chi connectivity index (χ3n) is 6.78. The van der Waals surface area contributed by atoms with Crippen molar-refractivity contribution in [2.24, 2.45) is 23.7 Å². The van der Waals surface area contributed by atoms with E-state index < -0.39 is 18.5 Å². The molecule has 34 heavy (non-hydrogen) atoms. The fourth-order valence-corrected chi connectivity index (χ4v) is 5.69. The molecule has 2 bridgehead atoms. The van der Waals surface area contributed by atoms with Gasteiger partial charge in [0.05, 0.1) is 28.1 Å². The number of carbonyl (C=O) groups is 4. The van der Waals surface area contributed by atoms with E-state index in [1.807, 2.05) is 6.92 Å². The molecule has 2 fully saturated rings. The Kier molecular flexibility index (Phi) is 5.81. The van der Waals surface area contributed by atoms with Gasteiger partial charge in [-0.2, -0.15) is 0 Å². The smallest absolute Gasteiger partial charge is 0.338 e. The molecule has 2 aromatic carbocycles. The van der Waals surface area contributed by atoms with E-state index >= 15 is 0 Å². The number of allylic oxidation sites excluding steroid dienone is 2. The number of benzene rings is 2. The molecular formula is C25H20BrClN2O5. The van der Waals surface area contributed by atoms with Crippen molar-refractivity contribution in [2.45, 2.75) is 13.3 Å². The summed E-state index contributed by atoms with van der Waals surface area (Å²) in [7, 11) is 0. The number of halogens is 2. The molecule has 2 aliphatic carbocycles. The number of rotatable bonds is 5. The summed E-state index contributed by atoms with van der Waals surface area (Å²) < 4.78 is 5.78. The van der Waals surface area contributed by atoms with E-state index in [0.717, 1.165) is 6.42 Å². The Balaban J connectivity index is 1.20. The van der Waals surface area contributed by atoms with E-state index in [-0.39, 0.29) is 41.0 Å². The lowest BCUT2D eigenvalue weighted by molar-refractivity contribution is -0.123. The van der Waals surface area contributed by atoms with Gasteiger partial charge in [0.2, 0.25) is 11.8 Å². The van der Waals surface area contributed by atoms with Crippen LogP contribution in [0.25, 0.3) is 0 Å². The van der Waals surface area contributed by atoms with Crippen LogP contribution in [0.15, 0.2) is 58.6 Å². The molecule has 5 rings (SSSR count). The molecule has 1 saturated carbocycles. The van der Waals surface area contributed by atoms with Crippen LogP contribution in [0.1, 0.15) is 23.7 Å². The molecule has 4 atom stereocenters. The average molecular weight is 544 g/mol. The molecule has 7 nitrogen and oxygen atoms in total. The molecule has 174 valence electrons. The second-order valence-electron chi connectivity index (χ2n) is 8.78. The zero-order valence-electron chi connectivity index (χ0n) is 18.1. The van der Waals surface area contributed by atoms with Crippen molar-refractivity contribution in [1.29, 1.82) is 0 Å². The first-order valence-corrected chi connectivity index (χ1v) is 12.0. The normalized spacial score (nSPS) is 24.8. The van der Waals surface area contributed by atoms with Gasteiger partial charge in [-0.3, -0.25) is 19.3 Å². The quantitative estimate of drug-likeness (QED) is 0.338. The Bertz CT molecular complexity index is 1260. The van der Waals surface area contributed by atoms with Crippen LogP contribution in [0.5, 0.6) is 0 Å². The van der Waals surface area contributed by atoms with Crippen LogP contribution in [-0.4, -0.2) is 30.3 Å². The van der Waals surface area contributed by atoms with Gasteiger partial charge < -0.3 is 10.1 Å². The summed E-state index contributed by atoms with van der Waals surface area (Å²) in [6, 6.07) is 11.0. The zero-order chi connectivity index (χ0) is 24.1. The fraction of sp³-hybridized carbons (Fsp3) is 0.280. The molecule has 1 aliphatic heterocycles. The van der Waals surface area contributed by atoms with Crippen LogP contribution in [0, 0.1) is 23.7 Å². The van der Waals surface area contributed by atoms with E-state index in [1.54, 1.807) is 30.3 Å². The monoisotopic (exact) mass is 542 g/mol. The van der Waals surface area contributed by atoms with Crippen LogP contribution >= 0.6 is 27.5 Å². The number of nitrogens with zero attached hydrogens (tertiary/aromatic N) is 1. The summed E-state index contributed by atoms with van der Waals surface area (Å²) in [5, 5.41) is 3.04. The number of esters is 1. The molecule has 3 aliphatic rings. The molecular weight excluding hydrogens is 524 g/mol. The summed E-state index contributed by atoms with van der Waals surface area (Å²) in [6.45, 7) is 1.55. The number of anilines is 2. The Hall–Kier alpha value is -2.97. The van der Waals surface area contributed by atoms with Crippen molar-refractivity contribution in [1.82, 2.24) is 0 Å². The SMILES string of the molecule is CC1=C[C@H]2C[C@H]1[C@H]1C(=O)N(c3ccc(C(=O)OCC(=O)Nc4ccc(Br)c(Cl)c4)cc3)C(=O)[C@H]12. The number of fused-ring (bicyclic) bond motifs is 5. The molecule has 9 heteroatoms. The highest BCUT2D eigenvalue weighted by molar-refractivity contribution is 9.10. The number of nitrogens with one attached hydrogen (secondary N) is 1. The molecule has 0 unspecified atom stereocenters. The number of hydrogen-bond donors (Lipinski definition) is 1. The fourth-order valence-electron chi connectivity index (χ4n) is 5.26. The highest BCUT2D eigenvalue weighted by atomic mass is 79.9. The maximum Gasteiger partial charge on any atom is 0.338 e. The van der Waals surface area contributed by atoms with Gasteiger partial charge in [0, 0.05) is 10.2 Å². The second kappa shape index (κ2) is 8.67. The van der Waals surface area contributed by atoms with Gasteiger partial charge in [0.15, 0.2) is 6.61 Å². The van der Waals surface area contributed by atoms with Crippen molar-refractivity contribution in [3.63, 3.8) is 0 Å². The number of ether oxygens (including phenoxy) is 1. The van der Waals surface area contributed by atoms with Crippen LogP contribution in [-0.2, 0) is 19.1 Å². The Morgan fingerprint density at radius 2 is 1.82 bits per heavy atom. The first kappa shape index (κ1) is 22.8. The molecule has 1 N–H and O–H groups in total. The zero-order valence-corrected chi connectivity index (χ0v) is 20.4. The summed E-state index contributed by atoms with van der Waals surface area (Å²) in [4.78, 5) is 51.8. The van der Waals surface area contributed by atoms with Gasteiger partial charge in [0.25, 0.3) is 5.91 Å². The highest BCUT2D eigenvalue weighted by Crippen LogP contribution is 2.55. The predicted octanol–water partition coefficient (Wildman–Crippen LogP) is 4.60. The highest BCUT2D eigenvalue weighted by Gasteiger charge is 2.60. The maximum absolute atomic E-state index is 13.1. The van der Waals surface area contributed by atoms with Crippen LogP contribution in [0.4, 0.5) is 11.4 Å². The lowest BCUT2D eigenvalue weighted by Crippen LogP contribution is -2.33. The molecule has 1 heterocycles. The van der Waals surface area contributed by atoms with E-state index in [1.165, 1.54) is 22.6 Å². The molecule has 0 spiro atoms. The van der Waals surface area contributed by atoms with E-state index in [0.29, 0.717) is 20.9 Å². The lowest BCUT2D eigenvalue weighted by atomic mass is 9.82. The van der Waals surface area contributed by atoms with E-state index in [2.05, 4.69) is 27.3 Å². The van der Waals surface area contributed by atoms with E-state index in [9.17, 15) is 19.2 Å². The largest absolute Gasteiger partial charge is 0.452 e. The minimum Gasteiger partial charge on any atom is -0.452 e. The molecule has 2 aromatic rings. The maximum atomic E-state index is 13.1. The minimum absolute atomic E-state index is 0.130. The van der Waals surface area contributed by atoms with Crippen LogP contribution in [0.2, 0.25) is 5.02 Å². The summed E-state index contributed by atoms with van der Waals surface area (Å²) in [5.74, 6) is -1.85. The summed E-state index contributed by atoms with van der Waals surface area (Å²) in [6.07, 6.45) is 3.00. The second-order valence-corrected chi connectivity index (χ2v) is 10.0. The topological polar surface area (TPSA) is 92.8 Å². The third-order valence-corrected chi connectivity index (χ3v) is 8.01. The standard InChI is InChI=1S/C25H20BrClN2O5/c1-12-8-14-9-17(12)22-21(14)23(31)29(24(22)32)16-5-2-13(3-6-16)25(33)34-11-20(30)28-15-4-7-18(26)19(27)10-15/h2-8,10,14,17,21-22H,9,11H2,1H3,(H,28,30)/t14-,17+,21-,22+/m0/s1. The van der Waals surface area contributed by atoms with Gasteiger partial charge in [-0.1, -0.05) is 23.3 Å². The number of imide groups is 1. The van der Waals surface area contributed by atoms with Gasteiger partial charge in [0.1, 0.15) is 0 Å². The Morgan fingerprint density at radius 3 is 2.53 bits per heavy atom. The van der Waals surface area contributed by atoms with Crippen LogP contribution < -0.4 is 10.2 Å². The predicted molar refractivity (Wildman–Crippen MR) is 129 cm³/mol. The first-order chi connectivity index (χ1) is 16.2. The Labute approximate surface area is 209 Å². The Morgan fingerprint density at radius 1 is 1.12 bits per heavy atom. The van der Waals surface area contributed by atoms with Crippen molar-refractivity contribution in [3.8, 4) is 0 Å². The molecule has 1 saturated heterocycles. The molecule has 0 aromatic heterocycles. The molecule has 3 amide bonds. The summed E-state index contributed by atoms with van der Waals surface area (Å²) in [5.41, 5.74) is 2.31.